The number of halogens is 1. The van der Waals surface area contributed by atoms with E-state index in [4.69, 9.17) is 9.47 Å². The van der Waals surface area contributed by atoms with Crippen LogP contribution >= 0.6 is 0 Å². The predicted molar refractivity (Wildman–Crippen MR) is 98.2 cm³/mol. The zero-order chi connectivity index (χ0) is 18.2. The van der Waals surface area contributed by atoms with Crippen molar-refractivity contribution in [3.63, 3.8) is 0 Å². The molecule has 1 amide bonds. The standard InChI is InChI=1S/C21H18FNO3/c22-16-7-6-8-17(15-16)23-21(24)19-11-4-5-12-20(19)26-14-13-25-18-9-2-1-3-10-18/h1-12,15H,13-14H2,(H,23,24). The van der Waals surface area contributed by atoms with Crippen LogP contribution in [-0.4, -0.2) is 19.1 Å². The number of anilines is 1. The Morgan fingerprint density at radius 3 is 2.38 bits per heavy atom. The molecule has 3 aromatic carbocycles. The van der Waals surface area contributed by atoms with Crippen LogP contribution in [0.3, 0.4) is 0 Å². The largest absolute Gasteiger partial charge is 0.490 e. The highest BCUT2D eigenvalue weighted by molar-refractivity contribution is 6.06. The van der Waals surface area contributed by atoms with E-state index in [0.717, 1.165) is 5.75 Å². The van der Waals surface area contributed by atoms with Crippen LogP contribution in [0.1, 0.15) is 10.4 Å². The quantitative estimate of drug-likeness (QED) is 0.636. The molecule has 0 radical (unpaired) electrons. The van der Waals surface area contributed by atoms with Crippen molar-refractivity contribution in [1.82, 2.24) is 0 Å². The molecule has 0 aliphatic rings. The summed E-state index contributed by atoms with van der Waals surface area (Å²) in [6, 6.07) is 22.0. The first-order chi connectivity index (χ1) is 12.7. The lowest BCUT2D eigenvalue weighted by atomic mass is 10.2. The number of hydrogen-bond donors (Lipinski definition) is 1. The molecule has 0 spiro atoms. The van der Waals surface area contributed by atoms with Gasteiger partial charge in [0.2, 0.25) is 0 Å². The first-order valence-electron chi connectivity index (χ1n) is 8.19. The Hall–Kier alpha value is -3.34. The van der Waals surface area contributed by atoms with Crippen LogP contribution in [0.5, 0.6) is 11.5 Å². The Bertz CT molecular complexity index is 868. The van der Waals surface area contributed by atoms with Crippen molar-refractivity contribution >= 4 is 11.6 Å². The molecule has 3 aromatic rings. The number of ether oxygens (including phenoxy) is 2. The molecule has 132 valence electrons. The SMILES string of the molecule is O=C(Nc1cccc(F)c1)c1ccccc1OCCOc1ccccc1. The van der Waals surface area contributed by atoms with Crippen molar-refractivity contribution in [1.29, 1.82) is 0 Å². The lowest BCUT2D eigenvalue weighted by Crippen LogP contribution is -2.15. The van der Waals surface area contributed by atoms with Crippen molar-refractivity contribution < 1.29 is 18.7 Å². The highest BCUT2D eigenvalue weighted by Gasteiger charge is 2.12. The maximum atomic E-state index is 13.3. The van der Waals surface area contributed by atoms with Gasteiger partial charge in [-0.15, -0.1) is 0 Å². The fourth-order valence-corrected chi connectivity index (χ4v) is 2.37. The molecular weight excluding hydrogens is 333 g/mol. The molecule has 0 aliphatic heterocycles. The fraction of sp³-hybridized carbons (Fsp3) is 0.0952. The van der Waals surface area contributed by atoms with Crippen LogP contribution in [0.15, 0.2) is 78.9 Å². The molecule has 0 fully saturated rings. The van der Waals surface area contributed by atoms with Gasteiger partial charge in [-0.3, -0.25) is 4.79 Å². The number of nitrogens with one attached hydrogen (secondary N) is 1. The summed E-state index contributed by atoms with van der Waals surface area (Å²) in [4.78, 5) is 12.5. The van der Waals surface area contributed by atoms with Gasteiger partial charge < -0.3 is 14.8 Å². The summed E-state index contributed by atoms with van der Waals surface area (Å²) >= 11 is 0. The number of rotatable bonds is 7. The molecule has 0 atom stereocenters. The third-order valence-corrected chi connectivity index (χ3v) is 3.57. The minimum Gasteiger partial charge on any atom is -0.490 e. The van der Waals surface area contributed by atoms with Crippen LogP contribution in [0.25, 0.3) is 0 Å². The third kappa shape index (κ3) is 4.83. The second-order valence-electron chi connectivity index (χ2n) is 5.47. The summed E-state index contributed by atoms with van der Waals surface area (Å²) in [5.74, 6) is 0.423. The Morgan fingerprint density at radius 1 is 0.846 bits per heavy atom. The molecule has 26 heavy (non-hydrogen) atoms. The molecule has 0 unspecified atom stereocenters. The van der Waals surface area contributed by atoms with Gasteiger partial charge in [-0.1, -0.05) is 36.4 Å². The average Bonchev–Trinajstić information content (AvgIpc) is 2.66. The molecule has 0 saturated carbocycles. The molecule has 0 saturated heterocycles. The van der Waals surface area contributed by atoms with Crippen LogP contribution in [0.4, 0.5) is 10.1 Å². The van der Waals surface area contributed by atoms with E-state index in [9.17, 15) is 9.18 Å². The lowest BCUT2D eigenvalue weighted by molar-refractivity contribution is 0.102. The molecule has 0 aliphatic carbocycles. The molecule has 1 N–H and O–H groups in total. The fourth-order valence-electron chi connectivity index (χ4n) is 2.37. The minimum absolute atomic E-state index is 0.291. The van der Waals surface area contributed by atoms with E-state index in [-0.39, 0.29) is 5.91 Å². The zero-order valence-corrected chi connectivity index (χ0v) is 14.0. The van der Waals surface area contributed by atoms with Crippen molar-refractivity contribution in [2.75, 3.05) is 18.5 Å². The predicted octanol–water partition coefficient (Wildman–Crippen LogP) is 4.54. The lowest BCUT2D eigenvalue weighted by Gasteiger charge is -2.12. The summed E-state index contributed by atoms with van der Waals surface area (Å²) in [5.41, 5.74) is 0.758. The van der Waals surface area contributed by atoms with Crippen LogP contribution in [0.2, 0.25) is 0 Å². The number of benzene rings is 3. The Labute approximate surface area is 151 Å². The number of para-hydroxylation sites is 2. The van der Waals surface area contributed by atoms with Crippen molar-refractivity contribution in [3.05, 3.63) is 90.2 Å². The summed E-state index contributed by atoms with van der Waals surface area (Å²) in [5, 5.41) is 2.67. The van der Waals surface area contributed by atoms with Crippen LogP contribution in [-0.2, 0) is 0 Å². The van der Waals surface area contributed by atoms with Crippen molar-refractivity contribution in [2.24, 2.45) is 0 Å². The van der Waals surface area contributed by atoms with Gasteiger partial charge in [0.1, 0.15) is 30.5 Å². The van der Waals surface area contributed by atoms with Gasteiger partial charge in [0.25, 0.3) is 5.91 Å². The van der Waals surface area contributed by atoms with Gasteiger partial charge in [0.05, 0.1) is 5.56 Å². The average molecular weight is 351 g/mol. The second kappa shape index (κ2) is 8.67. The van der Waals surface area contributed by atoms with Crippen LogP contribution in [0, 0.1) is 5.82 Å². The van der Waals surface area contributed by atoms with Gasteiger partial charge in [-0.05, 0) is 42.5 Å². The summed E-state index contributed by atoms with van der Waals surface area (Å²) in [7, 11) is 0. The van der Waals surface area contributed by atoms with Gasteiger partial charge >= 0.3 is 0 Å². The van der Waals surface area contributed by atoms with E-state index in [1.807, 2.05) is 30.3 Å². The monoisotopic (exact) mass is 351 g/mol. The first kappa shape index (κ1) is 17.5. The summed E-state index contributed by atoms with van der Waals surface area (Å²) in [6.45, 7) is 0.642. The highest BCUT2D eigenvalue weighted by atomic mass is 19.1. The number of carbonyl (C=O) groups excluding carboxylic acids is 1. The molecule has 3 rings (SSSR count). The number of amides is 1. The topological polar surface area (TPSA) is 47.6 Å². The zero-order valence-electron chi connectivity index (χ0n) is 14.0. The van der Waals surface area contributed by atoms with Crippen LogP contribution < -0.4 is 14.8 Å². The Kier molecular flexibility index (Phi) is 5.83. The second-order valence-corrected chi connectivity index (χ2v) is 5.47. The third-order valence-electron chi connectivity index (χ3n) is 3.57. The maximum absolute atomic E-state index is 13.3. The molecule has 0 heterocycles. The highest BCUT2D eigenvalue weighted by Crippen LogP contribution is 2.20. The van der Waals surface area contributed by atoms with E-state index >= 15 is 0 Å². The van der Waals surface area contributed by atoms with E-state index in [2.05, 4.69) is 5.32 Å². The molecule has 4 nitrogen and oxygen atoms in total. The smallest absolute Gasteiger partial charge is 0.259 e. The molecule has 0 aromatic heterocycles. The first-order valence-corrected chi connectivity index (χ1v) is 8.19. The van der Waals surface area contributed by atoms with Gasteiger partial charge in [0.15, 0.2) is 0 Å². The number of carbonyl (C=O) groups is 1. The van der Waals surface area contributed by atoms with Gasteiger partial charge in [-0.25, -0.2) is 4.39 Å². The summed E-state index contributed by atoms with van der Waals surface area (Å²) in [6.07, 6.45) is 0. The number of hydrogen-bond acceptors (Lipinski definition) is 3. The Morgan fingerprint density at radius 2 is 1.58 bits per heavy atom. The van der Waals surface area contributed by atoms with Crippen molar-refractivity contribution in [2.45, 2.75) is 0 Å². The van der Waals surface area contributed by atoms with Gasteiger partial charge in [0, 0.05) is 5.69 Å². The van der Waals surface area contributed by atoms with E-state index < -0.39 is 5.82 Å². The normalized spacial score (nSPS) is 10.2. The van der Waals surface area contributed by atoms with E-state index in [1.54, 1.807) is 30.3 Å². The molecule has 5 heteroatoms. The maximum Gasteiger partial charge on any atom is 0.259 e. The summed E-state index contributed by atoms with van der Waals surface area (Å²) < 4.78 is 24.5. The minimum atomic E-state index is -0.412. The molecular formula is C21H18FNO3. The molecule has 0 bridgehead atoms. The van der Waals surface area contributed by atoms with E-state index in [1.165, 1.54) is 18.2 Å². The van der Waals surface area contributed by atoms with E-state index in [0.29, 0.717) is 30.2 Å². The Balaban J connectivity index is 1.59. The van der Waals surface area contributed by atoms with Gasteiger partial charge in [-0.2, -0.15) is 0 Å². The van der Waals surface area contributed by atoms with Crippen molar-refractivity contribution in [3.8, 4) is 11.5 Å².